The Morgan fingerprint density at radius 1 is 1.61 bits per heavy atom. The van der Waals surface area contributed by atoms with Gasteiger partial charge in [-0.15, -0.1) is 0 Å². The molecule has 2 atom stereocenters. The summed E-state index contributed by atoms with van der Waals surface area (Å²) in [6.45, 7) is 2.22. The Kier molecular flexibility index (Phi) is 3.60. The van der Waals surface area contributed by atoms with Gasteiger partial charge in [0, 0.05) is 6.54 Å². The highest BCUT2D eigenvalue weighted by molar-refractivity contribution is 7.89. The number of nitrogens with one attached hydrogen (secondary N) is 1. The maximum atomic E-state index is 12.3. The molecule has 2 unspecified atom stereocenters. The van der Waals surface area contributed by atoms with Crippen molar-refractivity contribution in [3.8, 4) is 0 Å². The van der Waals surface area contributed by atoms with E-state index in [1.807, 2.05) is 6.92 Å². The molecule has 1 aliphatic rings. The SMILES string of the molecule is CC1CCCN(S(=O)(=O)c2cnc[nH]2)C1N=C=O. The van der Waals surface area contributed by atoms with Crippen LogP contribution in [-0.2, 0) is 14.8 Å². The van der Waals surface area contributed by atoms with Crippen LogP contribution in [0.4, 0.5) is 0 Å². The van der Waals surface area contributed by atoms with Crippen LogP contribution in [0.2, 0.25) is 0 Å². The predicted octanol–water partition coefficient (Wildman–Crippen LogP) is 0.492. The van der Waals surface area contributed by atoms with Gasteiger partial charge in [0.25, 0.3) is 10.0 Å². The average Bonchev–Trinajstić information content (AvgIpc) is 2.86. The normalized spacial score (nSPS) is 25.6. The molecule has 2 rings (SSSR count). The molecule has 8 heteroatoms. The Balaban J connectivity index is 2.38. The number of aromatic amines is 1. The van der Waals surface area contributed by atoms with E-state index in [1.54, 1.807) is 0 Å². The van der Waals surface area contributed by atoms with Crippen LogP contribution >= 0.6 is 0 Å². The van der Waals surface area contributed by atoms with Crippen molar-refractivity contribution < 1.29 is 13.2 Å². The molecule has 7 nitrogen and oxygen atoms in total. The minimum Gasteiger partial charge on any atom is -0.335 e. The summed E-state index contributed by atoms with van der Waals surface area (Å²) in [5, 5.41) is 0.0164. The second kappa shape index (κ2) is 5.01. The first-order chi connectivity index (χ1) is 8.57. The maximum absolute atomic E-state index is 12.3. The molecule has 0 spiro atoms. The number of nitrogens with zero attached hydrogens (tertiary/aromatic N) is 3. The van der Waals surface area contributed by atoms with E-state index in [-0.39, 0.29) is 10.9 Å². The summed E-state index contributed by atoms with van der Waals surface area (Å²) in [7, 11) is -3.68. The molecule has 0 radical (unpaired) electrons. The molecule has 1 N–H and O–H groups in total. The Morgan fingerprint density at radius 3 is 3.00 bits per heavy atom. The van der Waals surface area contributed by atoms with Crippen LogP contribution in [0.1, 0.15) is 19.8 Å². The fraction of sp³-hybridized carbons (Fsp3) is 0.600. The summed E-state index contributed by atoms with van der Waals surface area (Å²) in [4.78, 5) is 20.3. The third-order valence-corrected chi connectivity index (χ3v) is 4.88. The van der Waals surface area contributed by atoms with Gasteiger partial charge in [-0.3, -0.25) is 0 Å². The monoisotopic (exact) mass is 270 g/mol. The lowest BCUT2D eigenvalue weighted by atomic mass is 9.98. The summed E-state index contributed by atoms with van der Waals surface area (Å²) in [6.07, 6.45) is 4.92. The van der Waals surface area contributed by atoms with E-state index in [0.29, 0.717) is 6.54 Å². The Bertz CT molecular complexity index is 548. The number of piperidine rings is 1. The molecule has 1 aromatic rings. The molecule has 98 valence electrons. The number of H-pyrrole nitrogens is 1. The summed E-state index contributed by atoms with van der Waals surface area (Å²) in [5.41, 5.74) is 0. The number of rotatable bonds is 3. The van der Waals surface area contributed by atoms with Gasteiger partial charge in [0.1, 0.15) is 6.17 Å². The third-order valence-electron chi connectivity index (χ3n) is 3.09. The zero-order valence-corrected chi connectivity index (χ0v) is 10.7. The first-order valence-corrected chi connectivity index (χ1v) is 7.08. The first-order valence-electron chi connectivity index (χ1n) is 5.64. The van der Waals surface area contributed by atoms with Gasteiger partial charge >= 0.3 is 0 Å². The van der Waals surface area contributed by atoms with E-state index in [1.165, 1.54) is 22.9 Å². The molecule has 1 fully saturated rings. The van der Waals surface area contributed by atoms with E-state index in [0.717, 1.165) is 12.8 Å². The standard InChI is InChI=1S/C10H14N4O3S/c1-8-3-2-4-14(10(8)13-7-15)18(16,17)9-5-11-6-12-9/h5-6,8,10H,2-4H2,1H3,(H,11,12). The number of aliphatic imine (C=N–C) groups is 1. The minimum atomic E-state index is -3.68. The molecule has 0 bridgehead atoms. The zero-order chi connectivity index (χ0) is 13.2. The highest BCUT2D eigenvalue weighted by Gasteiger charge is 2.37. The summed E-state index contributed by atoms with van der Waals surface area (Å²) < 4.78 is 25.9. The lowest BCUT2D eigenvalue weighted by Crippen LogP contribution is -2.46. The zero-order valence-electron chi connectivity index (χ0n) is 9.91. The number of isocyanates is 1. The van der Waals surface area contributed by atoms with Gasteiger partial charge < -0.3 is 4.98 Å². The number of imidazole rings is 1. The first kappa shape index (κ1) is 12.9. The fourth-order valence-corrected chi connectivity index (χ4v) is 3.71. The number of sulfonamides is 1. The lowest BCUT2D eigenvalue weighted by molar-refractivity contribution is 0.193. The summed E-state index contributed by atoms with van der Waals surface area (Å²) >= 11 is 0. The number of aromatic nitrogens is 2. The van der Waals surface area contributed by atoms with Gasteiger partial charge in [-0.25, -0.2) is 18.2 Å². The van der Waals surface area contributed by atoms with E-state index >= 15 is 0 Å². The van der Waals surface area contributed by atoms with Crippen LogP contribution in [0.3, 0.4) is 0 Å². The summed E-state index contributed by atoms with van der Waals surface area (Å²) in [5.74, 6) is -0.00195. The van der Waals surface area contributed by atoms with Gasteiger partial charge in [0.15, 0.2) is 5.03 Å². The number of hydrogen-bond donors (Lipinski definition) is 1. The molecule has 18 heavy (non-hydrogen) atoms. The Morgan fingerprint density at radius 2 is 2.39 bits per heavy atom. The summed E-state index contributed by atoms with van der Waals surface area (Å²) in [6, 6.07) is 0. The van der Waals surface area contributed by atoms with Crippen LogP contribution < -0.4 is 0 Å². The third kappa shape index (κ3) is 2.22. The van der Waals surface area contributed by atoms with Gasteiger partial charge in [-0.1, -0.05) is 6.92 Å². The van der Waals surface area contributed by atoms with Crippen LogP contribution in [0.25, 0.3) is 0 Å². The fourth-order valence-electron chi connectivity index (χ4n) is 2.15. The van der Waals surface area contributed by atoms with Crippen molar-refractivity contribution in [2.75, 3.05) is 6.54 Å². The van der Waals surface area contributed by atoms with Gasteiger partial charge in [0.2, 0.25) is 6.08 Å². The molecule has 0 saturated carbocycles. The molecule has 1 saturated heterocycles. The Hall–Kier alpha value is -1.50. The maximum Gasteiger partial charge on any atom is 0.261 e. The number of hydrogen-bond acceptors (Lipinski definition) is 5. The highest BCUT2D eigenvalue weighted by atomic mass is 32.2. The van der Waals surface area contributed by atoms with Crippen molar-refractivity contribution >= 4 is 16.1 Å². The van der Waals surface area contributed by atoms with Crippen molar-refractivity contribution in [3.05, 3.63) is 12.5 Å². The van der Waals surface area contributed by atoms with Crippen molar-refractivity contribution in [1.82, 2.24) is 14.3 Å². The second-order valence-electron chi connectivity index (χ2n) is 4.29. The minimum absolute atomic E-state index is 0.00195. The molecule has 0 aliphatic carbocycles. The van der Waals surface area contributed by atoms with Gasteiger partial charge in [-0.2, -0.15) is 9.30 Å². The second-order valence-corrected chi connectivity index (χ2v) is 6.14. The molecule has 2 heterocycles. The molecule has 0 amide bonds. The topological polar surface area (TPSA) is 95.5 Å². The lowest BCUT2D eigenvalue weighted by Gasteiger charge is -2.34. The highest BCUT2D eigenvalue weighted by Crippen LogP contribution is 2.28. The Labute approximate surface area is 105 Å². The quantitative estimate of drug-likeness (QED) is 0.638. The van der Waals surface area contributed by atoms with Crippen LogP contribution in [0, 0.1) is 5.92 Å². The molecule has 1 aromatic heterocycles. The van der Waals surface area contributed by atoms with Crippen molar-refractivity contribution in [3.63, 3.8) is 0 Å². The van der Waals surface area contributed by atoms with Crippen molar-refractivity contribution in [2.45, 2.75) is 31.0 Å². The average molecular weight is 270 g/mol. The molecular weight excluding hydrogens is 256 g/mol. The smallest absolute Gasteiger partial charge is 0.261 e. The van der Waals surface area contributed by atoms with Crippen LogP contribution in [0.15, 0.2) is 22.5 Å². The van der Waals surface area contributed by atoms with Crippen LogP contribution in [0.5, 0.6) is 0 Å². The van der Waals surface area contributed by atoms with Crippen LogP contribution in [-0.4, -0.2) is 41.5 Å². The van der Waals surface area contributed by atoms with Gasteiger partial charge in [0.05, 0.1) is 12.5 Å². The predicted molar refractivity (Wildman–Crippen MR) is 62.8 cm³/mol. The van der Waals surface area contributed by atoms with E-state index in [4.69, 9.17) is 0 Å². The largest absolute Gasteiger partial charge is 0.335 e. The molecular formula is C10H14N4O3S. The van der Waals surface area contributed by atoms with Crippen molar-refractivity contribution in [2.24, 2.45) is 10.9 Å². The number of carbonyl (C=O) groups excluding carboxylic acids is 1. The van der Waals surface area contributed by atoms with E-state index in [2.05, 4.69) is 15.0 Å². The molecule has 1 aliphatic heterocycles. The molecule has 0 aromatic carbocycles. The van der Waals surface area contributed by atoms with Gasteiger partial charge in [-0.05, 0) is 18.8 Å². The van der Waals surface area contributed by atoms with E-state index < -0.39 is 16.2 Å². The van der Waals surface area contributed by atoms with Crippen molar-refractivity contribution in [1.29, 1.82) is 0 Å². The van der Waals surface area contributed by atoms with E-state index in [9.17, 15) is 13.2 Å².